The van der Waals surface area contributed by atoms with Gasteiger partial charge in [0.05, 0.1) is 12.7 Å². The second kappa shape index (κ2) is 8.06. The topological polar surface area (TPSA) is 41.5 Å². The first-order chi connectivity index (χ1) is 8.13. The van der Waals surface area contributed by atoms with Crippen molar-refractivity contribution in [2.24, 2.45) is 11.8 Å². The molecule has 1 saturated carbocycles. The molecule has 3 nitrogen and oxygen atoms in total. The van der Waals surface area contributed by atoms with E-state index in [0.29, 0.717) is 19.2 Å². The zero-order valence-electron chi connectivity index (χ0n) is 11.6. The molecular weight excluding hydrogens is 214 g/mol. The number of rotatable bonds is 6. The van der Waals surface area contributed by atoms with Crippen LogP contribution in [0.25, 0.3) is 0 Å². The third-order valence-electron chi connectivity index (χ3n) is 3.96. The normalized spacial score (nSPS) is 28.1. The number of hydrogen-bond donors (Lipinski definition) is 2. The zero-order chi connectivity index (χ0) is 12.7. The Balaban J connectivity index is 2.22. The summed E-state index contributed by atoms with van der Waals surface area (Å²) in [6, 6.07) is 0.588. The van der Waals surface area contributed by atoms with Crippen LogP contribution < -0.4 is 5.32 Å². The molecule has 0 radical (unpaired) electrons. The molecule has 0 aliphatic heterocycles. The van der Waals surface area contributed by atoms with Crippen LogP contribution in [-0.4, -0.2) is 37.5 Å². The van der Waals surface area contributed by atoms with E-state index in [2.05, 4.69) is 19.2 Å². The molecule has 0 aromatic carbocycles. The molecule has 3 heteroatoms. The van der Waals surface area contributed by atoms with Crippen LogP contribution >= 0.6 is 0 Å². The van der Waals surface area contributed by atoms with Crippen LogP contribution in [-0.2, 0) is 4.74 Å². The summed E-state index contributed by atoms with van der Waals surface area (Å²) in [7, 11) is 1.63. The SMILES string of the molecule is COCC(O)CNC1CCCC(C(C)C)CC1. The van der Waals surface area contributed by atoms with Gasteiger partial charge in [-0.25, -0.2) is 0 Å². The first kappa shape index (κ1) is 14.9. The van der Waals surface area contributed by atoms with Crippen molar-refractivity contribution in [1.29, 1.82) is 0 Å². The van der Waals surface area contributed by atoms with E-state index in [1.165, 1.54) is 32.1 Å². The van der Waals surface area contributed by atoms with Crippen molar-refractivity contribution < 1.29 is 9.84 Å². The molecule has 1 aliphatic rings. The molecule has 1 aliphatic carbocycles. The van der Waals surface area contributed by atoms with Crippen LogP contribution in [0, 0.1) is 11.8 Å². The summed E-state index contributed by atoms with van der Waals surface area (Å²) < 4.78 is 4.93. The summed E-state index contributed by atoms with van der Waals surface area (Å²) in [4.78, 5) is 0. The first-order valence-corrected chi connectivity index (χ1v) is 7.03. The lowest BCUT2D eigenvalue weighted by Crippen LogP contribution is -2.37. The number of aliphatic hydroxyl groups is 1. The molecule has 0 heterocycles. The van der Waals surface area contributed by atoms with Gasteiger partial charge in [-0.3, -0.25) is 0 Å². The summed E-state index contributed by atoms with van der Waals surface area (Å²) in [5, 5.41) is 13.1. The number of methoxy groups -OCH3 is 1. The minimum atomic E-state index is -0.371. The zero-order valence-corrected chi connectivity index (χ0v) is 11.6. The number of hydrogen-bond acceptors (Lipinski definition) is 3. The van der Waals surface area contributed by atoms with Crippen LogP contribution in [0.15, 0.2) is 0 Å². The van der Waals surface area contributed by atoms with Crippen LogP contribution in [0.4, 0.5) is 0 Å². The second-order valence-corrected chi connectivity index (χ2v) is 5.73. The summed E-state index contributed by atoms with van der Waals surface area (Å²) in [5.74, 6) is 1.71. The lowest BCUT2D eigenvalue weighted by Gasteiger charge is -2.20. The molecule has 17 heavy (non-hydrogen) atoms. The van der Waals surface area contributed by atoms with Gasteiger partial charge >= 0.3 is 0 Å². The first-order valence-electron chi connectivity index (χ1n) is 7.03. The van der Waals surface area contributed by atoms with E-state index in [-0.39, 0.29) is 6.10 Å². The minimum absolute atomic E-state index is 0.371. The molecule has 2 N–H and O–H groups in total. The predicted molar refractivity (Wildman–Crippen MR) is 71.1 cm³/mol. The molecule has 0 aromatic rings. The number of aliphatic hydroxyl groups excluding tert-OH is 1. The van der Waals surface area contributed by atoms with Gasteiger partial charge in [-0.15, -0.1) is 0 Å². The van der Waals surface area contributed by atoms with E-state index < -0.39 is 0 Å². The lowest BCUT2D eigenvalue weighted by atomic mass is 9.89. The standard InChI is InChI=1S/C14H29NO2/c1-11(2)12-5-4-6-13(8-7-12)15-9-14(16)10-17-3/h11-16H,4-10H2,1-3H3. The van der Waals surface area contributed by atoms with Gasteiger partial charge < -0.3 is 15.2 Å². The fourth-order valence-corrected chi connectivity index (χ4v) is 2.76. The molecule has 0 spiro atoms. The average molecular weight is 243 g/mol. The highest BCUT2D eigenvalue weighted by atomic mass is 16.5. The van der Waals surface area contributed by atoms with Crippen molar-refractivity contribution in [1.82, 2.24) is 5.32 Å². The van der Waals surface area contributed by atoms with E-state index in [1.807, 2.05) is 0 Å². The fourth-order valence-electron chi connectivity index (χ4n) is 2.76. The van der Waals surface area contributed by atoms with E-state index in [0.717, 1.165) is 11.8 Å². The Morgan fingerprint density at radius 1 is 1.24 bits per heavy atom. The number of ether oxygens (including phenoxy) is 1. The summed E-state index contributed by atoms with van der Waals surface area (Å²) in [6.07, 6.45) is 6.16. The van der Waals surface area contributed by atoms with Crippen molar-refractivity contribution >= 4 is 0 Å². The Bertz CT molecular complexity index is 197. The van der Waals surface area contributed by atoms with Crippen molar-refractivity contribution in [3.8, 4) is 0 Å². The van der Waals surface area contributed by atoms with Crippen molar-refractivity contribution in [3.63, 3.8) is 0 Å². The second-order valence-electron chi connectivity index (χ2n) is 5.73. The van der Waals surface area contributed by atoms with Crippen LogP contribution in [0.2, 0.25) is 0 Å². The van der Waals surface area contributed by atoms with Crippen molar-refractivity contribution in [3.05, 3.63) is 0 Å². The largest absolute Gasteiger partial charge is 0.389 e. The van der Waals surface area contributed by atoms with E-state index in [9.17, 15) is 5.11 Å². The molecule has 0 aromatic heterocycles. The molecule has 1 fully saturated rings. The van der Waals surface area contributed by atoms with Gasteiger partial charge in [0.25, 0.3) is 0 Å². The molecule has 102 valence electrons. The van der Waals surface area contributed by atoms with E-state index >= 15 is 0 Å². The minimum Gasteiger partial charge on any atom is -0.389 e. The van der Waals surface area contributed by atoms with Gasteiger partial charge in [-0.2, -0.15) is 0 Å². The highest BCUT2D eigenvalue weighted by molar-refractivity contribution is 4.77. The highest BCUT2D eigenvalue weighted by Gasteiger charge is 2.21. The van der Waals surface area contributed by atoms with E-state index in [4.69, 9.17) is 4.74 Å². The maximum atomic E-state index is 9.60. The summed E-state index contributed by atoms with van der Waals surface area (Å²) in [5.41, 5.74) is 0. The Morgan fingerprint density at radius 3 is 2.65 bits per heavy atom. The Kier molecular flexibility index (Phi) is 7.09. The van der Waals surface area contributed by atoms with Gasteiger partial charge in [0.2, 0.25) is 0 Å². The molecule has 0 bridgehead atoms. The molecule has 0 amide bonds. The third-order valence-corrected chi connectivity index (χ3v) is 3.96. The van der Waals surface area contributed by atoms with Crippen molar-refractivity contribution in [2.45, 2.75) is 58.1 Å². The average Bonchev–Trinajstić information content (AvgIpc) is 2.52. The van der Waals surface area contributed by atoms with Gasteiger partial charge in [-0.05, 0) is 31.1 Å². The summed E-state index contributed by atoms with van der Waals surface area (Å²) >= 11 is 0. The van der Waals surface area contributed by atoms with Gasteiger partial charge in [-0.1, -0.05) is 26.7 Å². The third kappa shape index (κ3) is 5.84. The predicted octanol–water partition coefficient (Wildman–Crippen LogP) is 2.19. The lowest BCUT2D eigenvalue weighted by molar-refractivity contribution is 0.0623. The molecule has 3 unspecified atom stereocenters. The van der Waals surface area contributed by atoms with Crippen LogP contribution in [0.1, 0.15) is 46.0 Å². The maximum absolute atomic E-state index is 9.60. The van der Waals surface area contributed by atoms with Gasteiger partial charge in [0.15, 0.2) is 0 Å². The maximum Gasteiger partial charge on any atom is 0.0897 e. The van der Waals surface area contributed by atoms with Crippen LogP contribution in [0.3, 0.4) is 0 Å². The molecule has 0 saturated heterocycles. The Morgan fingerprint density at radius 2 is 2.00 bits per heavy atom. The molecule has 1 rings (SSSR count). The van der Waals surface area contributed by atoms with E-state index in [1.54, 1.807) is 7.11 Å². The van der Waals surface area contributed by atoms with Gasteiger partial charge in [0, 0.05) is 19.7 Å². The number of nitrogens with one attached hydrogen (secondary N) is 1. The summed E-state index contributed by atoms with van der Waals surface area (Å²) in [6.45, 7) is 5.75. The Hall–Kier alpha value is -0.120. The smallest absolute Gasteiger partial charge is 0.0897 e. The molecular formula is C14H29NO2. The highest BCUT2D eigenvalue weighted by Crippen LogP contribution is 2.28. The molecule has 3 atom stereocenters. The van der Waals surface area contributed by atoms with Crippen LogP contribution in [0.5, 0.6) is 0 Å². The monoisotopic (exact) mass is 243 g/mol. The van der Waals surface area contributed by atoms with Gasteiger partial charge in [0.1, 0.15) is 0 Å². The van der Waals surface area contributed by atoms with Crippen molar-refractivity contribution in [2.75, 3.05) is 20.3 Å². The fraction of sp³-hybridized carbons (Fsp3) is 1.00. The Labute approximate surface area is 106 Å². The quantitative estimate of drug-likeness (QED) is 0.703.